The molecule has 122 valence electrons. The molecule has 0 aliphatic heterocycles. The topological polar surface area (TPSA) is 18.5 Å². The van der Waals surface area contributed by atoms with Gasteiger partial charge < -0.3 is 9.47 Å². The van der Waals surface area contributed by atoms with Gasteiger partial charge in [-0.1, -0.05) is 57.9 Å². The summed E-state index contributed by atoms with van der Waals surface area (Å²) in [5, 5.41) is 2.11. The van der Waals surface area contributed by atoms with Crippen molar-refractivity contribution in [3.05, 3.63) is 22.4 Å². The van der Waals surface area contributed by atoms with E-state index in [4.69, 9.17) is 9.47 Å². The predicted octanol–water partition coefficient (Wildman–Crippen LogP) is 5.46. The molecule has 0 atom stereocenters. The SMILES string of the molecule is CCCCCCCCCCOCCOCCc1cccs1. The summed E-state index contributed by atoms with van der Waals surface area (Å²) in [7, 11) is 0. The molecule has 1 aromatic heterocycles. The van der Waals surface area contributed by atoms with E-state index >= 15 is 0 Å². The van der Waals surface area contributed by atoms with Crippen LogP contribution in [-0.4, -0.2) is 26.4 Å². The molecule has 0 aliphatic rings. The van der Waals surface area contributed by atoms with Gasteiger partial charge in [-0.05, 0) is 17.9 Å². The van der Waals surface area contributed by atoms with Crippen LogP contribution in [0, 0.1) is 0 Å². The second kappa shape index (κ2) is 14.6. The molecular formula is C18H32O2S. The quantitative estimate of drug-likeness (QED) is 0.400. The van der Waals surface area contributed by atoms with Crippen molar-refractivity contribution in [2.45, 2.75) is 64.7 Å². The van der Waals surface area contributed by atoms with Crippen LogP contribution in [0.2, 0.25) is 0 Å². The summed E-state index contributed by atoms with van der Waals surface area (Å²) < 4.78 is 11.2. The zero-order valence-electron chi connectivity index (χ0n) is 13.6. The number of ether oxygens (including phenoxy) is 2. The van der Waals surface area contributed by atoms with Gasteiger partial charge in [-0.2, -0.15) is 0 Å². The molecule has 0 amide bonds. The first-order valence-corrected chi connectivity index (χ1v) is 9.49. The first kappa shape index (κ1) is 18.7. The first-order chi connectivity index (χ1) is 10.4. The van der Waals surface area contributed by atoms with Gasteiger partial charge in [0.15, 0.2) is 0 Å². The van der Waals surface area contributed by atoms with Crippen LogP contribution < -0.4 is 0 Å². The van der Waals surface area contributed by atoms with E-state index in [1.165, 1.54) is 56.2 Å². The summed E-state index contributed by atoms with van der Waals surface area (Å²) in [5.74, 6) is 0. The Kier molecular flexibility index (Phi) is 12.9. The molecule has 0 N–H and O–H groups in total. The Balaban J connectivity index is 1.69. The van der Waals surface area contributed by atoms with Gasteiger partial charge >= 0.3 is 0 Å². The smallest absolute Gasteiger partial charge is 0.0700 e. The van der Waals surface area contributed by atoms with Gasteiger partial charge in [0.2, 0.25) is 0 Å². The van der Waals surface area contributed by atoms with E-state index in [0.29, 0.717) is 0 Å². The van der Waals surface area contributed by atoms with Crippen LogP contribution in [0.3, 0.4) is 0 Å². The zero-order valence-corrected chi connectivity index (χ0v) is 14.5. The minimum Gasteiger partial charge on any atom is -0.379 e. The van der Waals surface area contributed by atoms with Crippen LogP contribution in [0.25, 0.3) is 0 Å². The molecule has 0 fully saturated rings. The van der Waals surface area contributed by atoms with Gasteiger partial charge in [-0.15, -0.1) is 11.3 Å². The van der Waals surface area contributed by atoms with Crippen molar-refractivity contribution in [2.24, 2.45) is 0 Å². The van der Waals surface area contributed by atoms with Crippen molar-refractivity contribution in [3.8, 4) is 0 Å². The molecule has 0 aromatic carbocycles. The summed E-state index contributed by atoms with van der Waals surface area (Å²) in [6, 6.07) is 4.25. The minimum absolute atomic E-state index is 0.725. The molecule has 1 aromatic rings. The molecule has 1 heterocycles. The van der Waals surface area contributed by atoms with Gasteiger partial charge in [0, 0.05) is 17.9 Å². The van der Waals surface area contributed by atoms with E-state index in [1.54, 1.807) is 11.3 Å². The highest BCUT2D eigenvalue weighted by Crippen LogP contribution is 2.09. The lowest BCUT2D eigenvalue weighted by atomic mass is 10.1. The second-order valence-electron chi connectivity index (χ2n) is 5.53. The Labute approximate surface area is 134 Å². The Morgan fingerprint density at radius 2 is 1.48 bits per heavy atom. The Hall–Kier alpha value is -0.380. The van der Waals surface area contributed by atoms with Crippen LogP contribution in [0.15, 0.2) is 17.5 Å². The maximum Gasteiger partial charge on any atom is 0.0700 e. The Morgan fingerprint density at radius 3 is 2.14 bits per heavy atom. The molecular weight excluding hydrogens is 280 g/mol. The Bertz CT molecular complexity index is 298. The molecule has 0 radical (unpaired) electrons. The normalized spacial score (nSPS) is 11.1. The zero-order chi connectivity index (χ0) is 15.0. The van der Waals surface area contributed by atoms with Gasteiger partial charge in [0.1, 0.15) is 0 Å². The number of thiophene rings is 1. The van der Waals surface area contributed by atoms with E-state index in [2.05, 4.69) is 24.4 Å². The molecule has 1 rings (SSSR count). The largest absolute Gasteiger partial charge is 0.379 e. The van der Waals surface area contributed by atoms with Crippen molar-refractivity contribution >= 4 is 11.3 Å². The average molecular weight is 313 g/mol. The molecule has 0 saturated carbocycles. The number of hydrogen-bond acceptors (Lipinski definition) is 3. The molecule has 0 bridgehead atoms. The van der Waals surface area contributed by atoms with E-state index in [-0.39, 0.29) is 0 Å². The molecule has 3 heteroatoms. The fourth-order valence-corrected chi connectivity index (χ4v) is 2.98. The monoisotopic (exact) mass is 312 g/mol. The van der Waals surface area contributed by atoms with E-state index in [0.717, 1.165) is 32.8 Å². The summed E-state index contributed by atoms with van der Waals surface area (Å²) >= 11 is 1.80. The van der Waals surface area contributed by atoms with Crippen LogP contribution >= 0.6 is 11.3 Å². The maximum atomic E-state index is 5.59. The molecule has 0 aliphatic carbocycles. The predicted molar refractivity (Wildman–Crippen MR) is 92.3 cm³/mol. The van der Waals surface area contributed by atoms with Crippen molar-refractivity contribution in [3.63, 3.8) is 0 Å². The van der Waals surface area contributed by atoms with Gasteiger partial charge in [-0.25, -0.2) is 0 Å². The molecule has 2 nitrogen and oxygen atoms in total. The summed E-state index contributed by atoms with van der Waals surface area (Å²) in [5.41, 5.74) is 0. The highest BCUT2D eigenvalue weighted by Gasteiger charge is 1.95. The van der Waals surface area contributed by atoms with Crippen LogP contribution in [-0.2, 0) is 15.9 Å². The average Bonchev–Trinajstić information content (AvgIpc) is 3.01. The highest BCUT2D eigenvalue weighted by molar-refractivity contribution is 7.09. The van der Waals surface area contributed by atoms with E-state index in [1.807, 2.05) is 0 Å². The third-order valence-corrected chi connectivity index (χ3v) is 4.52. The molecule has 0 spiro atoms. The van der Waals surface area contributed by atoms with Crippen LogP contribution in [0.1, 0.15) is 63.2 Å². The highest BCUT2D eigenvalue weighted by atomic mass is 32.1. The Morgan fingerprint density at radius 1 is 0.810 bits per heavy atom. The lowest BCUT2D eigenvalue weighted by Gasteiger charge is -2.05. The molecule has 0 unspecified atom stereocenters. The molecule has 0 saturated heterocycles. The van der Waals surface area contributed by atoms with Gasteiger partial charge in [-0.3, -0.25) is 0 Å². The first-order valence-electron chi connectivity index (χ1n) is 8.61. The number of hydrogen-bond donors (Lipinski definition) is 0. The van der Waals surface area contributed by atoms with E-state index < -0.39 is 0 Å². The van der Waals surface area contributed by atoms with Crippen molar-refractivity contribution in [1.29, 1.82) is 0 Å². The van der Waals surface area contributed by atoms with Crippen LogP contribution in [0.5, 0.6) is 0 Å². The summed E-state index contributed by atoms with van der Waals surface area (Å²) in [4.78, 5) is 1.40. The number of unbranched alkanes of at least 4 members (excludes halogenated alkanes) is 7. The fraction of sp³-hybridized carbons (Fsp3) is 0.778. The third-order valence-electron chi connectivity index (χ3n) is 3.59. The lowest BCUT2D eigenvalue weighted by Crippen LogP contribution is -2.07. The van der Waals surface area contributed by atoms with Gasteiger partial charge in [0.05, 0.1) is 19.8 Å². The summed E-state index contributed by atoms with van der Waals surface area (Å²) in [6.45, 7) is 5.43. The maximum absolute atomic E-state index is 5.59. The standard InChI is InChI=1S/C18H32O2S/c1-2-3-4-5-6-7-8-9-13-19-15-16-20-14-12-18-11-10-17-21-18/h10-11,17H,2-9,12-16H2,1H3. The molecule has 21 heavy (non-hydrogen) atoms. The number of rotatable bonds is 15. The second-order valence-corrected chi connectivity index (χ2v) is 6.56. The third kappa shape index (κ3) is 11.9. The lowest BCUT2D eigenvalue weighted by molar-refractivity contribution is 0.0476. The summed E-state index contributed by atoms with van der Waals surface area (Å²) in [6.07, 6.45) is 11.8. The minimum atomic E-state index is 0.725. The van der Waals surface area contributed by atoms with E-state index in [9.17, 15) is 0 Å². The van der Waals surface area contributed by atoms with Crippen molar-refractivity contribution in [2.75, 3.05) is 26.4 Å². The van der Waals surface area contributed by atoms with Gasteiger partial charge in [0.25, 0.3) is 0 Å². The van der Waals surface area contributed by atoms with Crippen molar-refractivity contribution < 1.29 is 9.47 Å². The fourth-order valence-electron chi connectivity index (χ4n) is 2.29. The van der Waals surface area contributed by atoms with Crippen molar-refractivity contribution in [1.82, 2.24) is 0 Å². The van der Waals surface area contributed by atoms with Crippen LogP contribution in [0.4, 0.5) is 0 Å².